The molecule has 0 radical (unpaired) electrons. The van der Waals surface area contributed by atoms with Crippen LogP contribution in [-0.4, -0.2) is 18.6 Å². The first-order valence-corrected chi connectivity index (χ1v) is 8.51. The van der Waals surface area contributed by atoms with Gasteiger partial charge in [-0.15, -0.1) is 0 Å². The predicted molar refractivity (Wildman–Crippen MR) is 91.4 cm³/mol. The van der Waals surface area contributed by atoms with Crippen molar-refractivity contribution < 1.29 is 14.3 Å². The highest BCUT2D eigenvalue weighted by atomic mass is 16.6. The van der Waals surface area contributed by atoms with E-state index in [0.717, 1.165) is 12.0 Å². The number of nitrogens with one attached hydrogen (secondary N) is 1. The fourth-order valence-corrected chi connectivity index (χ4v) is 3.40. The molecule has 2 aromatic carbocycles. The lowest BCUT2D eigenvalue weighted by Crippen LogP contribution is -2.44. The number of carbonyl (C=O) groups excluding carboxylic acids is 1. The molecule has 2 atom stereocenters. The lowest BCUT2D eigenvalue weighted by Gasteiger charge is -2.27. The van der Waals surface area contributed by atoms with Crippen molar-refractivity contribution in [1.82, 2.24) is 5.32 Å². The minimum absolute atomic E-state index is 0.0517. The van der Waals surface area contributed by atoms with E-state index in [9.17, 15) is 4.79 Å². The van der Waals surface area contributed by atoms with E-state index >= 15 is 0 Å². The van der Waals surface area contributed by atoms with Gasteiger partial charge in [0, 0.05) is 0 Å². The highest BCUT2D eigenvalue weighted by molar-refractivity contribution is 5.82. The standard InChI is InChI=1S/C20H21NO3/c1-13(15-10-9-14-5-4-6-16(14)11-15)21-20(22)19-12-23-17-7-2-3-8-18(17)24-19/h2-3,7-11,13,19H,4-6,12H2,1H3,(H,21,22). The molecule has 0 aromatic heterocycles. The van der Waals surface area contributed by atoms with E-state index in [1.54, 1.807) is 0 Å². The Balaban J connectivity index is 1.43. The summed E-state index contributed by atoms with van der Waals surface area (Å²) in [6, 6.07) is 13.9. The van der Waals surface area contributed by atoms with Gasteiger partial charge in [-0.2, -0.15) is 0 Å². The molecule has 124 valence electrons. The van der Waals surface area contributed by atoms with E-state index in [1.807, 2.05) is 31.2 Å². The Hall–Kier alpha value is -2.49. The normalized spacial score (nSPS) is 19.5. The maximum absolute atomic E-state index is 12.5. The van der Waals surface area contributed by atoms with Crippen molar-refractivity contribution in [3.63, 3.8) is 0 Å². The Morgan fingerprint density at radius 3 is 2.79 bits per heavy atom. The van der Waals surface area contributed by atoms with Gasteiger partial charge in [0.15, 0.2) is 11.5 Å². The molecule has 2 aromatic rings. The first kappa shape index (κ1) is 15.1. The molecule has 0 saturated heterocycles. The number of hydrogen-bond donors (Lipinski definition) is 1. The molecule has 24 heavy (non-hydrogen) atoms. The summed E-state index contributed by atoms with van der Waals surface area (Å²) in [6.45, 7) is 2.24. The number of fused-ring (bicyclic) bond motifs is 2. The van der Waals surface area contributed by atoms with Gasteiger partial charge < -0.3 is 14.8 Å². The van der Waals surface area contributed by atoms with Crippen LogP contribution >= 0.6 is 0 Å². The Bertz CT molecular complexity index is 771. The van der Waals surface area contributed by atoms with Crippen molar-refractivity contribution in [3.8, 4) is 11.5 Å². The molecule has 0 saturated carbocycles. The molecular weight excluding hydrogens is 302 g/mol. The minimum Gasteiger partial charge on any atom is -0.485 e. The van der Waals surface area contributed by atoms with Crippen molar-refractivity contribution in [2.24, 2.45) is 0 Å². The molecule has 1 heterocycles. The zero-order valence-corrected chi connectivity index (χ0v) is 13.7. The average molecular weight is 323 g/mol. The van der Waals surface area contributed by atoms with Gasteiger partial charge in [0.25, 0.3) is 5.91 Å². The summed E-state index contributed by atoms with van der Waals surface area (Å²) < 4.78 is 11.4. The lowest BCUT2D eigenvalue weighted by molar-refractivity contribution is -0.131. The molecule has 1 amide bonds. The van der Waals surface area contributed by atoms with Gasteiger partial charge in [-0.05, 0) is 55.0 Å². The Morgan fingerprint density at radius 1 is 1.12 bits per heavy atom. The van der Waals surface area contributed by atoms with Crippen LogP contribution in [0.5, 0.6) is 11.5 Å². The third-order valence-electron chi connectivity index (χ3n) is 4.78. The van der Waals surface area contributed by atoms with Crippen LogP contribution in [0.2, 0.25) is 0 Å². The third-order valence-corrected chi connectivity index (χ3v) is 4.78. The zero-order chi connectivity index (χ0) is 16.5. The molecule has 4 rings (SSSR count). The molecule has 1 N–H and O–H groups in total. The summed E-state index contributed by atoms with van der Waals surface area (Å²) in [5.41, 5.74) is 4.00. The van der Waals surface area contributed by atoms with Gasteiger partial charge in [-0.25, -0.2) is 0 Å². The first-order valence-electron chi connectivity index (χ1n) is 8.51. The van der Waals surface area contributed by atoms with Crippen LogP contribution in [0.4, 0.5) is 0 Å². The summed E-state index contributed by atoms with van der Waals surface area (Å²) in [5, 5.41) is 3.04. The van der Waals surface area contributed by atoms with Crippen LogP contribution in [0.1, 0.15) is 36.1 Å². The van der Waals surface area contributed by atoms with Crippen molar-refractivity contribution in [2.75, 3.05) is 6.61 Å². The second-order valence-electron chi connectivity index (χ2n) is 6.48. The molecule has 2 unspecified atom stereocenters. The van der Waals surface area contributed by atoms with Crippen molar-refractivity contribution in [2.45, 2.75) is 38.3 Å². The highest BCUT2D eigenvalue weighted by Gasteiger charge is 2.28. The minimum atomic E-state index is -0.614. The molecule has 4 heteroatoms. The summed E-state index contributed by atoms with van der Waals surface area (Å²) >= 11 is 0. The van der Waals surface area contributed by atoms with Crippen LogP contribution in [0, 0.1) is 0 Å². The molecule has 1 aliphatic carbocycles. The maximum atomic E-state index is 12.5. The molecule has 0 bridgehead atoms. The van der Waals surface area contributed by atoms with E-state index in [1.165, 1.54) is 24.0 Å². The summed E-state index contributed by atoms with van der Waals surface area (Å²) in [7, 11) is 0. The number of aryl methyl sites for hydroxylation is 2. The molecule has 1 aliphatic heterocycles. The SMILES string of the molecule is CC(NC(=O)C1COc2ccccc2O1)c1ccc2c(c1)CCC2. The molecule has 4 nitrogen and oxygen atoms in total. The fraction of sp³-hybridized carbons (Fsp3) is 0.350. The zero-order valence-electron chi connectivity index (χ0n) is 13.7. The average Bonchev–Trinajstić information content (AvgIpc) is 3.08. The Morgan fingerprint density at radius 2 is 1.92 bits per heavy atom. The van der Waals surface area contributed by atoms with E-state index in [4.69, 9.17) is 9.47 Å². The van der Waals surface area contributed by atoms with Crippen LogP contribution in [0.15, 0.2) is 42.5 Å². The summed E-state index contributed by atoms with van der Waals surface area (Å²) in [6.07, 6.45) is 2.92. The number of rotatable bonds is 3. The molecule has 0 spiro atoms. The van der Waals surface area contributed by atoms with Crippen LogP contribution in [0.3, 0.4) is 0 Å². The highest BCUT2D eigenvalue weighted by Crippen LogP contribution is 2.31. The monoisotopic (exact) mass is 323 g/mol. The summed E-state index contributed by atoms with van der Waals surface area (Å²) in [5.74, 6) is 1.17. The quantitative estimate of drug-likeness (QED) is 0.943. The molecule has 0 fully saturated rings. The second kappa shape index (κ2) is 6.19. The largest absolute Gasteiger partial charge is 0.485 e. The van der Waals surface area contributed by atoms with Crippen molar-refractivity contribution in [1.29, 1.82) is 0 Å². The lowest BCUT2D eigenvalue weighted by atomic mass is 10.0. The number of ether oxygens (including phenoxy) is 2. The van der Waals surface area contributed by atoms with Crippen molar-refractivity contribution >= 4 is 5.91 Å². The third kappa shape index (κ3) is 2.84. The number of hydrogen-bond acceptors (Lipinski definition) is 3. The molecule has 2 aliphatic rings. The predicted octanol–water partition coefficient (Wildman–Crippen LogP) is 3.19. The summed E-state index contributed by atoms with van der Waals surface area (Å²) in [4.78, 5) is 12.5. The van der Waals surface area contributed by atoms with Crippen LogP contribution in [0.25, 0.3) is 0 Å². The van der Waals surface area contributed by atoms with Gasteiger partial charge >= 0.3 is 0 Å². The molecular formula is C20H21NO3. The van der Waals surface area contributed by atoms with Gasteiger partial charge in [0.2, 0.25) is 6.10 Å². The van der Waals surface area contributed by atoms with Gasteiger partial charge in [0.05, 0.1) is 6.04 Å². The maximum Gasteiger partial charge on any atom is 0.265 e. The van der Waals surface area contributed by atoms with E-state index in [0.29, 0.717) is 11.5 Å². The van der Waals surface area contributed by atoms with Gasteiger partial charge in [0.1, 0.15) is 6.61 Å². The van der Waals surface area contributed by atoms with E-state index < -0.39 is 6.10 Å². The Labute approximate surface area is 141 Å². The van der Waals surface area contributed by atoms with Gasteiger partial charge in [-0.3, -0.25) is 4.79 Å². The smallest absolute Gasteiger partial charge is 0.265 e. The fourth-order valence-electron chi connectivity index (χ4n) is 3.40. The van der Waals surface area contributed by atoms with Gasteiger partial charge in [-0.1, -0.05) is 30.3 Å². The number of amides is 1. The van der Waals surface area contributed by atoms with E-state index in [-0.39, 0.29) is 18.6 Å². The topological polar surface area (TPSA) is 47.6 Å². The van der Waals surface area contributed by atoms with Crippen molar-refractivity contribution in [3.05, 3.63) is 59.2 Å². The Kier molecular flexibility index (Phi) is 3.89. The van der Waals surface area contributed by atoms with E-state index in [2.05, 4.69) is 23.5 Å². The van der Waals surface area contributed by atoms with Crippen LogP contribution < -0.4 is 14.8 Å². The number of para-hydroxylation sites is 2. The number of benzene rings is 2. The first-order chi connectivity index (χ1) is 11.7. The van der Waals surface area contributed by atoms with Crippen LogP contribution in [-0.2, 0) is 17.6 Å². The number of carbonyl (C=O) groups is 1. The second-order valence-corrected chi connectivity index (χ2v) is 6.48.